The molecule has 2 N–H and O–H groups in total. The van der Waals surface area contributed by atoms with Crippen LogP contribution in [-0.2, 0) is 4.74 Å². The van der Waals surface area contributed by atoms with E-state index in [4.69, 9.17) is 9.84 Å². The molecule has 60 valence electrons. The van der Waals surface area contributed by atoms with E-state index in [-0.39, 0.29) is 24.9 Å². The van der Waals surface area contributed by atoms with Crippen molar-refractivity contribution in [2.75, 3.05) is 6.61 Å². The van der Waals surface area contributed by atoms with Crippen LogP contribution < -0.4 is 0 Å². The molecule has 0 bridgehead atoms. The third-order valence-corrected chi connectivity index (χ3v) is 1.77. The SMILES string of the molecule is CCCC(O)C1OC1CO. The first kappa shape index (κ1) is 7.98. The summed E-state index contributed by atoms with van der Waals surface area (Å²) in [5.41, 5.74) is 0. The van der Waals surface area contributed by atoms with Gasteiger partial charge in [-0.3, -0.25) is 0 Å². The van der Waals surface area contributed by atoms with E-state index >= 15 is 0 Å². The lowest BCUT2D eigenvalue weighted by molar-refractivity contribution is 0.125. The van der Waals surface area contributed by atoms with Crippen molar-refractivity contribution in [1.29, 1.82) is 0 Å². The average Bonchev–Trinajstić information content (AvgIpc) is 2.66. The maximum Gasteiger partial charge on any atom is 0.112 e. The minimum atomic E-state index is -0.373. The summed E-state index contributed by atoms with van der Waals surface area (Å²) in [6, 6.07) is 0. The fourth-order valence-corrected chi connectivity index (χ4v) is 1.10. The molecule has 1 saturated heterocycles. The van der Waals surface area contributed by atoms with Gasteiger partial charge in [-0.15, -0.1) is 0 Å². The van der Waals surface area contributed by atoms with E-state index in [0.717, 1.165) is 12.8 Å². The topological polar surface area (TPSA) is 53.0 Å². The molecule has 1 fully saturated rings. The first-order valence-corrected chi connectivity index (χ1v) is 3.74. The van der Waals surface area contributed by atoms with Gasteiger partial charge in [0.2, 0.25) is 0 Å². The van der Waals surface area contributed by atoms with E-state index in [2.05, 4.69) is 0 Å². The standard InChI is InChI=1S/C7H14O3/c1-2-3-5(9)7-6(4-8)10-7/h5-9H,2-4H2,1H3. The lowest BCUT2D eigenvalue weighted by atomic mass is 10.1. The lowest BCUT2D eigenvalue weighted by Crippen LogP contribution is -2.17. The van der Waals surface area contributed by atoms with Crippen LogP contribution in [0.2, 0.25) is 0 Å². The Bertz CT molecular complexity index is 105. The van der Waals surface area contributed by atoms with Gasteiger partial charge >= 0.3 is 0 Å². The van der Waals surface area contributed by atoms with Crippen LogP contribution in [-0.4, -0.2) is 35.1 Å². The first-order chi connectivity index (χ1) is 4.79. The summed E-state index contributed by atoms with van der Waals surface area (Å²) in [5, 5.41) is 17.8. The predicted molar refractivity (Wildman–Crippen MR) is 36.7 cm³/mol. The highest BCUT2D eigenvalue weighted by Crippen LogP contribution is 2.26. The van der Waals surface area contributed by atoms with Crippen molar-refractivity contribution in [3.63, 3.8) is 0 Å². The van der Waals surface area contributed by atoms with Crippen LogP contribution in [0.4, 0.5) is 0 Å². The highest BCUT2D eigenvalue weighted by molar-refractivity contribution is 4.89. The number of epoxide rings is 1. The third kappa shape index (κ3) is 1.68. The molecule has 10 heavy (non-hydrogen) atoms. The smallest absolute Gasteiger partial charge is 0.112 e. The summed E-state index contributed by atoms with van der Waals surface area (Å²) in [4.78, 5) is 0. The Balaban J connectivity index is 2.12. The number of ether oxygens (including phenoxy) is 1. The minimum absolute atomic E-state index is 0.0332. The lowest BCUT2D eigenvalue weighted by Gasteiger charge is -2.03. The summed E-state index contributed by atoms with van der Waals surface area (Å²) in [6.45, 7) is 2.05. The monoisotopic (exact) mass is 146 g/mol. The highest BCUT2D eigenvalue weighted by atomic mass is 16.6. The van der Waals surface area contributed by atoms with Gasteiger partial charge in [-0.2, -0.15) is 0 Å². The van der Waals surface area contributed by atoms with Crippen LogP contribution in [0.5, 0.6) is 0 Å². The summed E-state index contributed by atoms with van der Waals surface area (Å²) in [7, 11) is 0. The quantitative estimate of drug-likeness (QED) is 0.545. The van der Waals surface area contributed by atoms with Crippen LogP contribution in [0.3, 0.4) is 0 Å². The summed E-state index contributed by atoms with van der Waals surface area (Å²) in [6.07, 6.45) is 1.16. The Morgan fingerprint density at radius 2 is 2.30 bits per heavy atom. The highest BCUT2D eigenvalue weighted by Gasteiger charge is 2.43. The predicted octanol–water partition coefficient (Wildman–Crippen LogP) is -0.0929. The van der Waals surface area contributed by atoms with Gasteiger partial charge in [0.15, 0.2) is 0 Å². The Kier molecular flexibility index (Phi) is 2.65. The van der Waals surface area contributed by atoms with Crippen LogP contribution >= 0.6 is 0 Å². The second-order valence-electron chi connectivity index (χ2n) is 2.68. The second kappa shape index (κ2) is 3.32. The van der Waals surface area contributed by atoms with Crippen molar-refractivity contribution in [2.45, 2.75) is 38.1 Å². The zero-order chi connectivity index (χ0) is 7.56. The van der Waals surface area contributed by atoms with Crippen molar-refractivity contribution in [1.82, 2.24) is 0 Å². The van der Waals surface area contributed by atoms with E-state index in [1.165, 1.54) is 0 Å². The summed E-state index contributed by atoms with van der Waals surface area (Å²) in [5.74, 6) is 0. The molecule has 0 radical (unpaired) electrons. The normalized spacial score (nSPS) is 33.9. The molecule has 3 nitrogen and oxygen atoms in total. The molecule has 3 heteroatoms. The van der Waals surface area contributed by atoms with E-state index < -0.39 is 0 Å². The van der Waals surface area contributed by atoms with Gasteiger partial charge in [0.25, 0.3) is 0 Å². The zero-order valence-electron chi connectivity index (χ0n) is 6.16. The van der Waals surface area contributed by atoms with E-state index in [0.29, 0.717) is 0 Å². The van der Waals surface area contributed by atoms with Crippen LogP contribution in [0, 0.1) is 0 Å². The van der Waals surface area contributed by atoms with Crippen molar-refractivity contribution < 1.29 is 14.9 Å². The maximum absolute atomic E-state index is 9.25. The largest absolute Gasteiger partial charge is 0.394 e. The molecule has 0 aromatic carbocycles. The fraction of sp³-hybridized carbons (Fsp3) is 1.00. The van der Waals surface area contributed by atoms with Crippen molar-refractivity contribution in [3.8, 4) is 0 Å². The van der Waals surface area contributed by atoms with Gasteiger partial charge in [0.1, 0.15) is 12.2 Å². The van der Waals surface area contributed by atoms with E-state index in [1.54, 1.807) is 0 Å². The molecule has 0 aromatic rings. The summed E-state index contributed by atoms with van der Waals surface area (Å²) >= 11 is 0. The molecule has 1 rings (SSSR count). The molecule has 3 atom stereocenters. The Morgan fingerprint density at radius 1 is 1.60 bits per heavy atom. The second-order valence-corrected chi connectivity index (χ2v) is 2.68. The van der Waals surface area contributed by atoms with Crippen LogP contribution in [0.25, 0.3) is 0 Å². The number of hydrogen-bond donors (Lipinski definition) is 2. The van der Waals surface area contributed by atoms with Gasteiger partial charge in [-0.05, 0) is 6.42 Å². The molecule has 1 aliphatic heterocycles. The average molecular weight is 146 g/mol. The van der Waals surface area contributed by atoms with Gasteiger partial charge in [0, 0.05) is 0 Å². The molecule has 0 aliphatic carbocycles. The molecule has 3 unspecified atom stereocenters. The van der Waals surface area contributed by atoms with Crippen molar-refractivity contribution >= 4 is 0 Å². The van der Waals surface area contributed by atoms with Gasteiger partial charge in [-0.25, -0.2) is 0 Å². The Morgan fingerprint density at radius 3 is 2.70 bits per heavy atom. The summed E-state index contributed by atoms with van der Waals surface area (Å²) < 4.78 is 4.98. The number of aliphatic hydroxyl groups is 2. The molecular formula is C7H14O3. The van der Waals surface area contributed by atoms with Gasteiger partial charge < -0.3 is 14.9 Å². The Hall–Kier alpha value is -0.120. The number of rotatable bonds is 4. The molecule has 0 spiro atoms. The van der Waals surface area contributed by atoms with Crippen molar-refractivity contribution in [3.05, 3.63) is 0 Å². The maximum atomic E-state index is 9.25. The third-order valence-electron chi connectivity index (χ3n) is 1.77. The minimum Gasteiger partial charge on any atom is -0.394 e. The van der Waals surface area contributed by atoms with Crippen LogP contribution in [0.15, 0.2) is 0 Å². The van der Waals surface area contributed by atoms with Crippen LogP contribution in [0.1, 0.15) is 19.8 Å². The number of aliphatic hydroxyl groups excluding tert-OH is 2. The molecule has 0 aromatic heterocycles. The molecule has 0 amide bonds. The van der Waals surface area contributed by atoms with Gasteiger partial charge in [0.05, 0.1) is 12.7 Å². The molecular weight excluding hydrogens is 132 g/mol. The molecule has 1 aliphatic rings. The zero-order valence-corrected chi connectivity index (χ0v) is 6.16. The number of hydrogen-bond acceptors (Lipinski definition) is 3. The van der Waals surface area contributed by atoms with Gasteiger partial charge in [-0.1, -0.05) is 13.3 Å². The van der Waals surface area contributed by atoms with E-state index in [9.17, 15) is 5.11 Å². The van der Waals surface area contributed by atoms with Crippen molar-refractivity contribution in [2.24, 2.45) is 0 Å². The fourth-order valence-electron chi connectivity index (χ4n) is 1.10. The molecule has 0 saturated carbocycles. The first-order valence-electron chi connectivity index (χ1n) is 3.74. The van der Waals surface area contributed by atoms with E-state index in [1.807, 2.05) is 6.92 Å². The Labute approximate surface area is 60.6 Å². The molecule has 1 heterocycles.